The quantitative estimate of drug-likeness (QED) is 0.705. The van der Waals surface area contributed by atoms with Crippen LogP contribution in [-0.4, -0.2) is 24.4 Å². The number of alkyl carbamates (subject to hydrolysis) is 1. The highest BCUT2D eigenvalue weighted by atomic mass is 32.1. The van der Waals surface area contributed by atoms with Gasteiger partial charge in [0.1, 0.15) is 0 Å². The van der Waals surface area contributed by atoms with Gasteiger partial charge in [0.05, 0.1) is 6.61 Å². The highest BCUT2D eigenvalue weighted by molar-refractivity contribution is 7.80. The summed E-state index contributed by atoms with van der Waals surface area (Å²) in [7, 11) is 0. The summed E-state index contributed by atoms with van der Waals surface area (Å²) in [6.45, 7) is 7.13. The van der Waals surface area contributed by atoms with Crippen LogP contribution in [0.3, 0.4) is 0 Å². The Morgan fingerprint density at radius 3 is 2.64 bits per heavy atom. The lowest BCUT2D eigenvalue weighted by Crippen LogP contribution is -2.40. The van der Waals surface area contributed by atoms with Crippen LogP contribution in [-0.2, 0) is 4.74 Å². The monoisotopic (exact) mass is 218 g/mol. The van der Waals surface area contributed by atoms with E-state index >= 15 is 0 Å². The van der Waals surface area contributed by atoms with Gasteiger partial charge in [0.15, 0.2) is 5.11 Å². The molecule has 0 aliphatic carbocycles. The van der Waals surface area contributed by atoms with E-state index in [4.69, 9.17) is 17.0 Å². The third kappa shape index (κ3) is 7.79. The second-order valence-electron chi connectivity index (χ2n) is 3.37. The summed E-state index contributed by atoms with van der Waals surface area (Å²) < 4.78 is 4.88. The lowest BCUT2D eigenvalue weighted by atomic mass is 10.2. The van der Waals surface area contributed by atoms with Crippen molar-refractivity contribution in [2.75, 3.05) is 13.2 Å². The number of amides is 1. The molecule has 0 unspecified atom stereocenters. The number of ether oxygens (including phenoxy) is 1. The van der Waals surface area contributed by atoms with Crippen molar-refractivity contribution in [3.63, 3.8) is 0 Å². The summed E-state index contributed by atoms with van der Waals surface area (Å²) in [6.07, 6.45) is 0.468. The molecule has 0 saturated heterocycles. The van der Waals surface area contributed by atoms with E-state index in [0.29, 0.717) is 17.6 Å². The van der Waals surface area contributed by atoms with E-state index in [1.165, 1.54) is 0 Å². The van der Waals surface area contributed by atoms with Gasteiger partial charge in [0.2, 0.25) is 0 Å². The summed E-state index contributed by atoms with van der Waals surface area (Å²) in [5.41, 5.74) is 0. The number of carbonyl (C=O) groups excluding carboxylic acids is 1. The average molecular weight is 218 g/mol. The van der Waals surface area contributed by atoms with Gasteiger partial charge in [0, 0.05) is 6.54 Å². The highest BCUT2D eigenvalue weighted by Crippen LogP contribution is 1.92. The number of hydrogen-bond acceptors (Lipinski definition) is 3. The standard InChI is InChI=1S/C9H18N2O2S/c1-4-5-10-8(14)11-9(12)13-6-7(2)3/h7H,4-6H2,1-3H3,(H2,10,11,12,14). The third-order valence-electron chi connectivity index (χ3n) is 1.30. The molecule has 14 heavy (non-hydrogen) atoms. The van der Waals surface area contributed by atoms with E-state index in [1.54, 1.807) is 0 Å². The van der Waals surface area contributed by atoms with Crippen LogP contribution in [0.2, 0.25) is 0 Å². The molecule has 0 radical (unpaired) electrons. The van der Waals surface area contributed by atoms with Gasteiger partial charge in [0.25, 0.3) is 0 Å². The Hall–Kier alpha value is -0.840. The molecule has 0 aromatic rings. The Bertz CT molecular complexity index is 195. The first kappa shape index (κ1) is 13.2. The van der Waals surface area contributed by atoms with Crippen LogP contribution < -0.4 is 10.6 Å². The molecule has 0 aromatic heterocycles. The normalized spacial score (nSPS) is 9.71. The SMILES string of the molecule is CCCNC(=S)NC(=O)OCC(C)C. The largest absolute Gasteiger partial charge is 0.449 e. The molecule has 1 amide bonds. The molecule has 0 rings (SSSR count). The molecule has 82 valence electrons. The Morgan fingerprint density at radius 2 is 2.14 bits per heavy atom. The Kier molecular flexibility index (Phi) is 7.10. The van der Waals surface area contributed by atoms with Gasteiger partial charge >= 0.3 is 6.09 Å². The summed E-state index contributed by atoms with van der Waals surface area (Å²) in [5, 5.41) is 5.62. The fourth-order valence-electron chi connectivity index (χ4n) is 0.654. The van der Waals surface area contributed by atoms with Crippen LogP contribution >= 0.6 is 12.2 Å². The van der Waals surface area contributed by atoms with E-state index in [9.17, 15) is 4.79 Å². The number of carbonyl (C=O) groups is 1. The predicted molar refractivity (Wildman–Crippen MR) is 60.2 cm³/mol. The summed E-state index contributed by atoms with van der Waals surface area (Å²) in [5.74, 6) is 0.331. The van der Waals surface area contributed by atoms with Crippen molar-refractivity contribution in [3.05, 3.63) is 0 Å². The van der Waals surface area contributed by atoms with Crippen LogP contribution in [0.15, 0.2) is 0 Å². The number of rotatable bonds is 4. The lowest BCUT2D eigenvalue weighted by Gasteiger charge is -2.10. The van der Waals surface area contributed by atoms with Gasteiger partial charge in [-0.1, -0.05) is 20.8 Å². The molecule has 5 heteroatoms. The average Bonchev–Trinajstić information content (AvgIpc) is 2.11. The van der Waals surface area contributed by atoms with Gasteiger partial charge in [-0.05, 0) is 24.6 Å². The van der Waals surface area contributed by atoms with Crippen LogP contribution in [0.1, 0.15) is 27.2 Å². The van der Waals surface area contributed by atoms with Gasteiger partial charge in [-0.3, -0.25) is 5.32 Å². The molecule has 0 aliphatic heterocycles. The molecule has 2 N–H and O–H groups in total. The van der Waals surface area contributed by atoms with E-state index in [-0.39, 0.29) is 0 Å². The summed E-state index contributed by atoms with van der Waals surface area (Å²) in [6, 6.07) is 0. The molecule has 0 aliphatic rings. The molecule has 4 nitrogen and oxygen atoms in total. The molecule has 0 spiro atoms. The zero-order chi connectivity index (χ0) is 11.0. The molecule has 0 fully saturated rings. The number of hydrogen-bond donors (Lipinski definition) is 2. The van der Waals surface area contributed by atoms with Gasteiger partial charge < -0.3 is 10.1 Å². The molecular formula is C9H18N2O2S. The first-order valence-electron chi connectivity index (χ1n) is 4.77. The van der Waals surface area contributed by atoms with Crippen molar-refractivity contribution >= 4 is 23.4 Å². The maximum Gasteiger partial charge on any atom is 0.413 e. The smallest absolute Gasteiger partial charge is 0.413 e. The van der Waals surface area contributed by atoms with Crippen molar-refractivity contribution < 1.29 is 9.53 Å². The summed E-state index contributed by atoms with van der Waals surface area (Å²) in [4.78, 5) is 11.1. The molecule has 0 bridgehead atoms. The maximum atomic E-state index is 11.1. The van der Waals surface area contributed by atoms with E-state index < -0.39 is 6.09 Å². The van der Waals surface area contributed by atoms with E-state index in [0.717, 1.165) is 13.0 Å². The maximum absolute atomic E-state index is 11.1. The fourth-order valence-corrected chi connectivity index (χ4v) is 0.839. The molecule has 0 aromatic carbocycles. The van der Waals surface area contributed by atoms with Gasteiger partial charge in [-0.15, -0.1) is 0 Å². The zero-order valence-corrected chi connectivity index (χ0v) is 9.74. The van der Waals surface area contributed by atoms with Gasteiger partial charge in [-0.25, -0.2) is 4.79 Å². The molecular weight excluding hydrogens is 200 g/mol. The predicted octanol–water partition coefficient (Wildman–Crippen LogP) is 1.65. The number of thiocarbonyl (C=S) groups is 1. The minimum atomic E-state index is -0.493. The van der Waals surface area contributed by atoms with Crippen LogP contribution in [0, 0.1) is 5.92 Å². The Balaban J connectivity index is 3.55. The number of nitrogens with one attached hydrogen (secondary N) is 2. The highest BCUT2D eigenvalue weighted by Gasteiger charge is 2.05. The van der Waals surface area contributed by atoms with E-state index in [2.05, 4.69) is 10.6 Å². The van der Waals surface area contributed by atoms with Crippen molar-refractivity contribution in [3.8, 4) is 0 Å². The van der Waals surface area contributed by atoms with Crippen molar-refractivity contribution in [1.29, 1.82) is 0 Å². The Morgan fingerprint density at radius 1 is 1.50 bits per heavy atom. The zero-order valence-electron chi connectivity index (χ0n) is 8.92. The molecule has 0 saturated carbocycles. The van der Waals surface area contributed by atoms with Crippen molar-refractivity contribution in [1.82, 2.24) is 10.6 Å². The molecule has 0 atom stereocenters. The third-order valence-corrected chi connectivity index (χ3v) is 1.55. The second-order valence-corrected chi connectivity index (χ2v) is 3.78. The minimum Gasteiger partial charge on any atom is -0.449 e. The first-order chi connectivity index (χ1) is 6.56. The van der Waals surface area contributed by atoms with Crippen LogP contribution in [0.25, 0.3) is 0 Å². The van der Waals surface area contributed by atoms with Crippen molar-refractivity contribution in [2.45, 2.75) is 27.2 Å². The summed E-state index contributed by atoms with van der Waals surface area (Å²) >= 11 is 4.85. The first-order valence-corrected chi connectivity index (χ1v) is 5.18. The Labute approximate surface area is 90.4 Å². The van der Waals surface area contributed by atoms with E-state index in [1.807, 2.05) is 20.8 Å². The topological polar surface area (TPSA) is 50.4 Å². The van der Waals surface area contributed by atoms with Gasteiger partial charge in [-0.2, -0.15) is 0 Å². The van der Waals surface area contributed by atoms with Crippen molar-refractivity contribution in [2.24, 2.45) is 5.92 Å². The second kappa shape index (κ2) is 7.55. The minimum absolute atomic E-state index is 0.320. The van der Waals surface area contributed by atoms with Crippen LogP contribution in [0.5, 0.6) is 0 Å². The van der Waals surface area contributed by atoms with Crippen LogP contribution in [0.4, 0.5) is 4.79 Å². The fraction of sp³-hybridized carbons (Fsp3) is 0.778. The molecule has 0 heterocycles. The lowest BCUT2D eigenvalue weighted by molar-refractivity contribution is 0.138.